The molecule has 0 bridgehead atoms. The Hall–Kier alpha value is -0.710. The number of hydrogen-bond donors (Lipinski definition) is 0. The Bertz CT molecular complexity index is 275. The van der Waals surface area contributed by atoms with Crippen molar-refractivity contribution >= 4 is 5.91 Å². The van der Waals surface area contributed by atoms with Gasteiger partial charge in [-0.05, 0) is 13.5 Å². The van der Waals surface area contributed by atoms with E-state index < -0.39 is 11.8 Å². The van der Waals surface area contributed by atoms with Gasteiger partial charge < -0.3 is 9.80 Å². The molecule has 1 amide bonds. The molecular formula is C11H18F2N2O. The first kappa shape index (κ1) is 11.8. The summed E-state index contributed by atoms with van der Waals surface area (Å²) < 4.78 is 26.0. The van der Waals surface area contributed by atoms with Crippen molar-refractivity contribution in [1.82, 2.24) is 9.80 Å². The van der Waals surface area contributed by atoms with Crippen molar-refractivity contribution in [1.29, 1.82) is 0 Å². The van der Waals surface area contributed by atoms with Crippen LogP contribution in [0.1, 0.15) is 19.3 Å². The van der Waals surface area contributed by atoms with E-state index in [9.17, 15) is 13.6 Å². The van der Waals surface area contributed by atoms with Crippen molar-refractivity contribution in [3.05, 3.63) is 0 Å². The Kier molecular flexibility index (Phi) is 3.15. The molecule has 16 heavy (non-hydrogen) atoms. The second-order valence-electron chi connectivity index (χ2n) is 4.92. The number of alkyl halides is 2. The molecule has 1 aliphatic heterocycles. The molecular weight excluding hydrogens is 214 g/mol. The number of amides is 1. The molecule has 1 heterocycles. The van der Waals surface area contributed by atoms with Crippen molar-refractivity contribution in [3.63, 3.8) is 0 Å². The molecule has 2 rings (SSSR count). The zero-order chi connectivity index (χ0) is 11.8. The Balaban J connectivity index is 1.89. The maximum absolute atomic E-state index is 13.0. The number of piperazine rings is 1. The summed E-state index contributed by atoms with van der Waals surface area (Å²) in [5.41, 5.74) is 0. The highest BCUT2D eigenvalue weighted by Gasteiger charge is 2.43. The fraction of sp³-hybridized carbons (Fsp3) is 0.909. The molecule has 1 unspecified atom stereocenters. The van der Waals surface area contributed by atoms with E-state index >= 15 is 0 Å². The highest BCUT2D eigenvalue weighted by Crippen LogP contribution is 2.39. The lowest BCUT2D eigenvalue weighted by Gasteiger charge is -2.33. The Morgan fingerprint density at radius 1 is 1.25 bits per heavy atom. The van der Waals surface area contributed by atoms with E-state index in [0.717, 1.165) is 13.1 Å². The Labute approximate surface area is 94.4 Å². The minimum atomic E-state index is -2.62. The maximum atomic E-state index is 13.0. The molecule has 0 radical (unpaired) electrons. The van der Waals surface area contributed by atoms with E-state index in [-0.39, 0.29) is 18.7 Å². The molecule has 2 fully saturated rings. The van der Waals surface area contributed by atoms with Crippen LogP contribution in [0.25, 0.3) is 0 Å². The zero-order valence-corrected chi connectivity index (χ0v) is 9.59. The fourth-order valence-electron chi connectivity index (χ4n) is 2.45. The normalized spacial score (nSPS) is 30.7. The van der Waals surface area contributed by atoms with Gasteiger partial charge in [-0.3, -0.25) is 4.79 Å². The van der Waals surface area contributed by atoms with Gasteiger partial charge in [0, 0.05) is 44.9 Å². The number of halogens is 2. The van der Waals surface area contributed by atoms with E-state index in [1.54, 1.807) is 4.90 Å². The lowest BCUT2D eigenvalue weighted by atomic mass is 10.1. The average molecular weight is 232 g/mol. The molecule has 0 aromatic rings. The summed E-state index contributed by atoms with van der Waals surface area (Å²) in [5, 5.41) is 0. The standard InChI is InChI=1S/C11H18F2N2O/c1-14-4-6-15(7-5-14)10(16)9-2-3-11(12,13)8-9/h9H,2-8H2,1H3. The predicted molar refractivity (Wildman–Crippen MR) is 56.4 cm³/mol. The first-order valence-electron chi connectivity index (χ1n) is 5.83. The van der Waals surface area contributed by atoms with Crippen LogP contribution < -0.4 is 0 Å². The van der Waals surface area contributed by atoms with Gasteiger partial charge in [0.15, 0.2) is 0 Å². The van der Waals surface area contributed by atoms with Gasteiger partial charge in [-0.25, -0.2) is 8.78 Å². The summed E-state index contributed by atoms with van der Waals surface area (Å²) in [5.74, 6) is -3.13. The van der Waals surface area contributed by atoms with Crippen LogP contribution in [0.3, 0.4) is 0 Å². The van der Waals surface area contributed by atoms with Gasteiger partial charge in [-0.15, -0.1) is 0 Å². The van der Waals surface area contributed by atoms with E-state index in [1.165, 1.54) is 0 Å². The molecule has 1 aliphatic carbocycles. The molecule has 2 aliphatic rings. The smallest absolute Gasteiger partial charge is 0.248 e. The van der Waals surface area contributed by atoms with Gasteiger partial charge >= 0.3 is 0 Å². The average Bonchev–Trinajstić information content (AvgIpc) is 2.59. The molecule has 0 spiro atoms. The molecule has 1 saturated heterocycles. The maximum Gasteiger partial charge on any atom is 0.248 e. The number of nitrogens with zero attached hydrogens (tertiary/aromatic N) is 2. The van der Waals surface area contributed by atoms with Crippen molar-refractivity contribution in [2.45, 2.75) is 25.2 Å². The number of likely N-dealkylation sites (N-methyl/N-ethyl adjacent to an activating group) is 1. The zero-order valence-electron chi connectivity index (χ0n) is 9.59. The van der Waals surface area contributed by atoms with Crippen LogP contribution in [0.4, 0.5) is 8.78 Å². The Morgan fingerprint density at radius 3 is 2.38 bits per heavy atom. The largest absolute Gasteiger partial charge is 0.340 e. The molecule has 5 heteroatoms. The van der Waals surface area contributed by atoms with Crippen molar-refractivity contribution in [3.8, 4) is 0 Å². The second-order valence-corrected chi connectivity index (χ2v) is 4.92. The van der Waals surface area contributed by atoms with Crippen LogP contribution in [-0.2, 0) is 4.79 Å². The summed E-state index contributed by atoms with van der Waals surface area (Å²) in [6.45, 7) is 3.04. The number of carbonyl (C=O) groups is 1. The van der Waals surface area contributed by atoms with Gasteiger partial charge in [0.2, 0.25) is 11.8 Å². The molecule has 0 N–H and O–H groups in total. The summed E-state index contributed by atoms with van der Waals surface area (Å²) in [6, 6.07) is 0. The third-order valence-corrected chi connectivity index (χ3v) is 3.57. The lowest BCUT2D eigenvalue weighted by Crippen LogP contribution is -2.48. The van der Waals surface area contributed by atoms with Crippen molar-refractivity contribution in [2.75, 3.05) is 33.2 Å². The van der Waals surface area contributed by atoms with Gasteiger partial charge in [0.05, 0.1) is 0 Å². The molecule has 3 nitrogen and oxygen atoms in total. The number of rotatable bonds is 1. The quantitative estimate of drug-likeness (QED) is 0.678. The second kappa shape index (κ2) is 4.28. The van der Waals surface area contributed by atoms with Gasteiger partial charge in [-0.2, -0.15) is 0 Å². The molecule has 0 aromatic carbocycles. The lowest BCUT2D eigenvalue weighted by molar-refractivity contribution is -0.137. The summed E-state index contributed by atoms with van der Waals surface area (Å²) in [6.07, 6.45) is -0.0342. The third kappa shape index (κ3) is 2.51. The van der Waals surface area contributed by atoms with Crippen LogP contribution in [0.15, 0.2) is 0 Å². The van der Waals surface area contributed by atoms with Crippen LogP contribution in [0, 0.1) is 5.92 Å². The summed E-state index contributed by atoms with van der Waals surface area (Å²) in [7, 11) is 2.01. The summed E-state index contributed by atoms with van der Waals surface area (Å²) >= 11 is 0. The van der Waals surface area contributed by atoms with E-state index in [4.69, 9.17) is 0 Å². The SMILES string of the molecule is CN1CCN(C(=O)C2CCC(F)(F)C2)CC1. The van der Waals surface area contributed by atoms with Crippen molar-refractivity contribution in [2.24, 2.45) is 5.92 Å². The molecule has 0 aromatic heterocycles. The van der Waals surface area contributed by atoms with Gasteiger partial charge in [0.25, 0.3) is 0 Å². The minimum Gasteiger partial charge on any atom is -0.340 e. The van der Waals surface area contributed by atoms with Crippen molar-refractivity contribution < 1.29 is 13.6 Å². The fourth-order valence-corrected chi connectivity index (χ4v) is 2.45. The summed E-state index contributed by atoms with van der Waals surface area (Å²) in [4.78, 5) is 15.9. The van der Waals surface area contributed by atoms with E-state index in [2.05, 4.69) is 4.90 Å². The third-order valence-electron chi connectivity index (χ3n) is 3.57. The van der Waals surface area contributed by atoms with Crippen LogP contribution in [0.2, 0.25) is 0 Å². The van der Waals surface area contributed by atoms with Gasteiger partial charge in [-0.1, -0.05) is 0 Å². The van der Waals surface area contributed by atoms with E-state index in [0.29, 0.717) is 19.5 Å². The van der Waals surface area contributed by atoms with E-state index in [1.807, 2.05) is 7.05 Å². The van der Waals surface area contributed by atoms with Crippen LogP contribution in [0.5, 0.6) is 0 Å². The first-order valence-corrected chi connectivity index (χ1v) is 5.83. The minimum absolute atomic E-state index is 0.0646. The molecule has 1 atom stereocenters. The van der Waals surface area contributed by atoms with Crippen LogP contribution >= 0.6 is 0 Å². The topological polar surface area (TPSA) is 23.6 Å². The first-order chi connectivity index (χ1) is 7.48. The number of carbonyl (C=O) groups excluding carboxylic acids is 1. The number of hydrogen-bond acceptors (Lipinski definition) is 2. The van der Waals surface area contributed by atoms with Crippen LogP contribution in [-0.4, -0.2) is 54.9 Å². The molecule has 92 valence electrons. The monoisotopic (exact) mass is 232 g/mol. The highest BCUT2D eigenvalue weighted by molar-refractivity contribution is 5.79. The highest BCUT2D eigenvalue weighted by atomic mass is 19.3. The Morgan fingerprint density at radius 2 is 1.88 bits per heavy atom. The van der Waals surface area contributed by atoms with Gasteiger partial charge in [0.1, 0.15) is 0 Å². The predicted octanol–water partition coefficient (Wildman–Crippen LogP) is 1.20. The molecule has 1 saturated carbocycles.